The van der Waals surface area contributed by atoms with E-state index in [1.165, 1.54) is 5.56 Å². The minimum absolute atomic E-state index is 0.290. The van der Waals surface area contributed by atoms with Gasteiger partial charge in [0.05, 0.1) is 5.52 Å². The zero-order chi connectivity index (χ0) is 22.8. The van der Waals surface area contributed by atoms with Crippen LogP contribution in [0, 0.1) is 6.92 Å². The first-order valence-electron chi connectivity index (χ1n) is 11.5. The van der Waals surface area contributed by atoms with E-state index in [9.17, 15) is 5.11 Å². The number of rotatable bonds is 5. The second-order valence-corrected chi connectivity index (χ2v) is 9.43. The summed E-state index contributed by atoms with van der Waals surface area (Å²) in [6, 6.07) is 22.8. The monoisotopic (exact) mass is 457 g/mol. The highest BCUT2D eigenvalue weighted by atomic mass is 35.5. The predicted molar refractivity (Wildman–Crippen MR) is 138 cm³/mol. The number of nitrogens with zero attached hydrogens (tertiary/aromatic N) is 1. The summed E-state index contributed by atoms with van der Waals surface area (Å²) in [6.45, 7) is 2.13. The van der Waals surface area contributed by atoms with Gasteiger partial charge in [-0.1, -0.05) is 29.8 Å². The van der Waals surface area contributed by atoms with Gasteiger partial charge in [0.1, 0.15) is 5.75 Å². The maximum Gasteiger partial charge on any atom is 0.115 e. The third-order valence-electron chi connectivity index (χ3n) is 6.44. The summed E-state index contributed by atoms with van der Waals surface area (Å²) in [5, 5.41) is 18.9. The van der Waals surface area contributed by atoms with Crippen LogP contribution in [0.3, 0.4) is 0 Å². The first-order valence-corrected chi connectivity index (χ1v) is 11.9. The Morgan fingerprint density at radius 3 is 2.30 bits per heavy atom. The minimum Gasteiger partial charge on any atom is -0.508 e. The van der Waals surface area contributed by atoms with Crippen LogP contribution in [0.1, 0.15) is 31.2 Å². The SMILES string of the molecule is Cc1cc(NC2CCC(Nc3ccnc4cc(Cl)ccc34)CC2)cc(-c2ccc(O)cc2)c1. The topological polar surface area (TPSA) is 57.2 Å². The zero-order valence-electron chi connectivity index (χ0n) is 18.7. The molecule has 168 valence electrons. The number of aryl methyl sites for hydroxylation is 1. The Bertz CT molecular complexity index is 1260. The van der Waals surface area contributed by atoms with Gasteiger partial charge in [-0.3, -0.25) is 4.98 Å². The lowest BCUT2D eigenvalue weighted by Gasteiger charge is -2.31. The smallest absolute Gasteiger partial charge is 0.115 e. The minimum atomic E-state index is 0.290. The summed E-state index contributed by atoms with van der Waals surface area (Å²) in [4.78, 5) is 4.45. The quantitative estimate of drug-likeness (QED) is 0.292. The molecule has 4 aromatic rings. The Hall–Kier alpha value is -3.24. The highest BCUT2D eigenvalue weighted by molar-refractivity contribution is 6.31. The van der Waals surface area contributed by atoms with Gasteiger partial charge < -0.3 is 15.7 Å². The number of aromatic hydroxyl groups is 1. The maximum absolute atomic E-state index is 9.58. The van der Waals surface area contributed by atoms with E-state index in [4.69, 9.17) is 11.6 Å². The molecule has 5 heteroatoms. The Morgan fingerprint density at radius 2 is 1.55 bits per heavy atom. The fourth-order valence-corrected chi connectivity index (χ4v) is 4.94. The van der Waals surface area contributed by atoms with Crippen LogP contribution in [0.4, 0.5) is 11.4 Å². The van der Waals surface area contributed by atoms with Crippen molar-refractivity contribution in [2.45, 2.75) is 44.7 Å². The van der Waals surface area contributed by atoms with E-state index in [0.29, 0.717) is 22.9 Å². The van der Waals surface area contributed by atoms with Crippen molar-refractivity contribution in [1.29, 1.82) is 0 Å². The van der Waals surface area contributed by atoms with Crippen molar-refractivity contribution in [2.24, 2.45) is 0 Å². The van der Waals surface area contributed by atoms with E-state index in [-0.39, 0.29) is 0 Å². The van der Waals surface area contributed by atoms with Crippen LogP contribution < -0.4 is 10.6 Å². The van der Waals surface area contributed by atoms with Gasteiger partial charge in [0.15, 0.2) is 0 Å². The Labute approximate surface area is 199 Å². The third kappa shape index (κ3) is 5.07. The maximum atomic E-state index is 9.58. The van der Waals surface area contributed by atoms with E-state index >= 15 is 0 Å². The summed E-state index contributed by atoms with van der Waals surface area (Å²) in [5.74, 6) is 0.290. The number of phenols is 1. The third-order valence-corrected chi connectivity index (χ3v) is 6.68. The standard InChI is InChI=1S/C28H28ClN3O/c1-18-14-20(19-2-9-25(33)10-3-19)16-24(15-18)31-22-5-7-23(8-6-22)32-27-12-13-30-28-17-21(29)4-11-26(27)28/h2-4,9-17,22-23,31,33H,5-8H2,1H3,(H,30,32). The van der Waals surface area contributed by atoms with Gasteiger partial charge in [-0.15, -0.1) is 0 Å². The zero-order valence-corrected chi connectivity index (χ0v) is 19.4. The van der Waals surface area contributed by atoms with E-state index in [0.717, 1.165) is 59.1 Å². The van der Waals surface area contributed by atoms with Crippen molar-refractivity contribution in [2.75, 3.05) is 10.6 Å². The van der Waals surface area contributed by atoms with Crippen molar-refractivity contribution in [1.82, 2.24) is 4.98 Å². The average molecular weight is 458 g/mol. The lowest BCUT2D eigenvalue weighted by Crippen LogP contribution is -2.32. The molecule has 3 aromatic carbocycles. The summed E-state index contributed by atoms with van der Waals surface area (Å²) >= 11 is 6.13. The summed E-state index contributed by atoms with van der Waals surface area (Å²) < 4.78 is 0. The molecule has 0 bridgehead atoms. The van der Waals surface area contributed by atoms with Crippen LogP contribution in [-0.4, -0.2) is 22.2 Å². The first kappa shape index (κ1) is 21.6. The van der Waals surface area contributed by atoms with E-state index in [1.54, 1.807) is 12.1 Å². The van der Waals surface area contributed by atoms with Gasteiger partial charge in [0, 0.05) is 40.1 Å². The number of hydrogen-bond acceptors (Lipinski definition) is 4. The van der Waals surface area contributed by atoms with Gasteiger partial charge >= 0.3 is 0 Å². The van der Waals surface area contributed by atoms with Crippen LogP contribution in [0.15, 0.2) is 72.9 Å². The lowest BCUT2D eigenvalue weighted by atomic mass is 9.90. The van der Waals surface area contributed by atoms with E-state index in [2.05, 4.69) is 46.8 Å². The molecule has 1 saturated carbocycles. The molecule has 1 aliphatic carbocycles. The fraction of sp³-hybridized carbons (Fsp3) is 0.250. The number of halogens is 1. The van der Waals surface area contributed by atoms with Crippen molar-refractivity contribution < 1.29 is 5.11 Å². The number of fused-ring (bicyclic) bond motifs is 1. The number of anilines is 2. The Balaban J connectivity index is 1.23. The Morgan fingerprint density at radius 1 is 0.818 bits per heavy atom. The number of aromatic nitrogens is 1. The van der Waals surface area contributed by atoms with Crippen LogP contribution in [-0.2, 0) is 0 Å². The highest BCUT2D eigenvalue weighted by Crippen LogP contribution is 2.31. The molecule has 0 amide bonds. The van der Waals surface area contributed by atoms with Crippen LogP contribution >= 0.6 is 11.6 Å². The molecule has 0 spiro atoms. The van der Waals surface area contributed by atoms with Gasteiger partial charge in [0.25, 0.3) is 0 Å². The summed E-state index contributed by atoms with van der Waals surface area (Å²) in [5.41, 5.74) is 6.71. The first-order chi connectivity index (χ1) is 16.0. The molecule has 1 heterocycles. The largest absolute Gasteiger partial charge is 0.508 e. The fourth-order valence-electron chi connectivity index (χ4n) is 4.77. The highest BCUT2D eigenvalue weighted by Gasteiger charge is 2.22. The summed E-state index contributed by atoms with van der Waals surface area (Å²) in [7, 11) is 0. The molecule has 1 aliphatic rings. The molecule has 0 atom stereocenters. The number of benzene rings is 3. The molecular weight excluding hydrogens is 430 g/mol. The van der Waals surface area contributed by atoms with E-state index < -0.39 is 0 Å². The van der Waals surface area contributed by atoms with E-state index in [1.807, 2.05) is 36.5 Å². The summed E-state index contributed by atoms with van der Waals surface area (Å²) in [6.07, 6.45) is 6.32. The number of nitrogens with one attached hydrogen (secondary N) is 2. The van der Waals surface area contributed by atoms with Crippen LogP contribution in [0.25, 0.3) is 22.0 Å². The van der Waals surface area contributed by atoms with Crippen LogP contribution in [0.5, 0.6) is 5.75 Å². The molecule has 0 aliphatic heterocycles. The molecule has 4 nitrogen and oxygen atoms in total. The number of pyridine rings is 1. The lowest BCUT2D eigenvalue weighted by molar-refractivity contribution is 0.429. The number of hydrogen-bond donors (Lipinski definition) is 3. The molecular formula is C28H28ClN3O. The van der Waals surface area contributed by atoms with Gasteiger partial charge in [-0.2, -0.15) is 0 Å². The van der Waals surface area contributed by atoms with Crippen molar-refractivity contribution in [3.05, 3.63) is 83.5 Å². The molecule has 33 heavy (non-hydrogen) atoms. The molecule has 5 rings (SSSR count). The second-order valence-electron chi connectivity index (χ2n) is 8.99. The molecule has 1 fully saturated rings. The molecule has 0 saturated heterocycles. The normalized spacial score (nSPS) is 18.2. The molecule has 0 radical (unpaired) electrons. The predicted octanol–water partition coefficient (Wildman–Crippen LogP) is 7.40. The Kier molecular flexibility index (Phi) is 6.10. The van der Waals surface area contributed by atoms with Crippen molar-refractivity contribution >= 4 is 33.9 Å². The molecule has 3 N–H and O–H groups in total. The second kappa shape index (κ2) is 9.32. The van der Waals surface area contributed by atoms with Gasteiger partial charge in [-0.25, -0.2) is 0 Å². The molecule has 1 aromatic heterocycles. The van der Waals surface area contributed by atoms with Gasteiger partial charge in [-0.05, 0) is 97.8 Å². The average Bonchev–Trinajstić information content (AvgIpc) is 2.80. The van der Waals surface area contributed by atoms with Crippen LogP contribution in [0.2, 0.25) is 5.02 Å². The molecule has 0 unspecified atom stereocenters. The van der Waals surface area contributed by atoms with Crippen molar-refractivity contribution in [3.8, 4) is 16.9 Å². The number of phenolic OH excluding ortho intramolecular Hbond substituents is 1. The van der Waals surface area contributed by atoms with Gasteiger partial charge in [0.2, 0.25) is 0 Å². The van der Waals surface area contributed by atoms with Crippen molar-refractivity contribution in [3.63, 3.8) is 0 Å².